The zero-order chi connectivity index (χ0) is 13.2. The van der Waals surface area contributed by atoms with Crippen LogP contribution < -0.4 is 10.1 Å². The van der Waals surface area contributed by atoms with Gasteiger partial charge in [0.15, 0.2) is 0 Å². The van der Waals surface area contributed by atoms with E-state index in [1.807, 2.05) is 18.2 Å². The summed E-state index contributed by atoms with van der Waals surface area (Å²) in [7, 11) is 1.72. The Bertz CT molecular complexity index is 420. The first-order valence-electron chi connectivity index (χ1n) is 6.19. The third-order valence-electron chi connectivity index (χ3n) is 3.08. The van der Waals surface area contributed by atoms with E-state index in [9.17, 15) is 0 Å². The third-order valence-corrected chi connectivity index (χ3v) is 3.31. The molecule has 0 fully saturated rings. The van der Waals surface area contributed by atoms with E-state index in [2.05, 4.69) is 19.2 Å². The van der Waals surface area contributed by atoms with Crippen LogP contribution in [0, 0.1) is 0 Å². The van der Waals surface area contributed by atoms with E-state index in [1.54, 1.807) is 7.11 Å². The largest absolute Gasteiger partial charge is 0.488 e. The van der Waals surface area contributed by atoms with Gasteiger partial charge in [0.2, 0.25) is 0 Å². The monoisotopic (exact) mass is 269 g/mol. The molecular formula is C14H20ClNO2. The van der Waals surface area contributed by atoms with Gasteiger partial charge in [-0.15, -0.1) is 0 Å². The van der Waals surface area contributed by atoms with Crippen molar-refractivity contribution in [2.75, 3.05) is 20.3 Å². The molecule has 100 valence electrons. The highest BCUT2D eigenvalue weighted by atomic mass is 35.5. The predicted octanol–water partition coefficient (Wildman–Crippen LogP) is 2.66. The smallest absolute Gasteiger partial charge is 0.123 e. The van der Waals surface area contributed by atoms with Crippen molar-refractivity contribution in [2.24, 2.45) is 0 Å². The molecular weight excluding hydrogens is 250 g/mol. The Balaban J connectivity index is 1.88. The van der Waals surface area contributed by atoms with Crippen LogP contribution in [-0.4, -0.2) is 31.9 Å². The molecule has 1 aromatic rings. The van der Waals surface area contributed by atoms with Gasteiger partial charge < -0.3 is 14.8 Å². The topological polar surface area (TPSA) is 30.5 Å². The zero-order valence-corrected chi connectivity index (χ0v) is 11.9. The van der Waals surface area contributed by atoms with Crippen molar-refractivity contribution in [1.82, 2.24) is 5.32 Å². The van der Waals surface area contributed by atoms with Gasteiger partial charge in [0, 0.05) is 30.6 Å². The van der Waals surface area contributed by atoms with Crippen LogP contribution in [0.3, 0.4) is 0 Å². The van der Waals surface area contributed by atoms with Crippen LogP contribution in [-0.2, 0) is 11.2 Å². The van der Waals surface area contributed by atoms with Crippen molar-refractivity contribution in [1.29, 1.82) is 0 Å². The van der Waals surface area contributed by atoms with Gasteiger partial charge in [-0.2, -0.15) is 0 Å². The summed E-state index contributed by atoms with van der Waals surface area (Å²) in [6.45, 7) is 5.73. The number of ether oxygens (including phenoxy) is 2. The summed E-state index contributed by atoms with van der Waals surface area (Å²) in [6.07, 6.45) is 1.08. The molecule has 1 aliphatic heterocycles. The maximum absolute atomic E-state index is 5.97. The summed E-state index contributed by atoms with van der Waals surface area (Å²) in [4.78, 5) is 0. The van der Waals surface area contributed by atoms with E-state index in [1.165, 1.54) is 5.56 Å². The molecule has 1 unspecified atom stereocenters. The average Bonchev–Trinajstić information content (AvgIpc) is 2.68. The Labute approximate surface area is 113 Å². The number of rotatable bonds is 5. The molecule has 1 N–H and O–H groups in total. The van der Waals surface area contributed by atoms with E-state index >= 15 is 0 Å². The maximum atomic E-state index is 5.97. The molecule has 4 heteroatoms. The van der Waals surface area contributed by atoms with Gasteiger partial charge in [-0.3, -0.25) is 0 Å². The third kappa shape index (κ3) is 3.37. The molecule has 1 aromatic carbocycles. The molecule has 0 aromatic heterocycles. The quantitative estimate of drug-likeness (QED) is 0.892. The highest BCUT2D eigenvalue weighted by molar-refractivity contribution is 6.30. The van der Waals surface area contributed by atoms with Crippen molar-refractivity contribution < 1.29 is 9.47 Å². The van der Waals surface area contributed by atoms with E-state index in [-0.39, 0.29) is 11.6 Å². The lowest BCUT2D eigenvalue weighted by Gasteiger charge is -2.27. The van der Waals surface area contributed by atoms with Crippen LogP contribution in [0.25, 0.3) is 0 Å². The van der Waals surface area contributed by atoms with Crippen LogP contribution in [0.15, 0.2) is 18.2 Å². The fourth-order valence-electron chi connectivity index (χ4n) is 2.20. The van der Waals surface area contributed by atoms with E-state index < -0.39 is 0 Å². The lowest BCUT2D eigenvalue weighted by atomic mass is 10.1. The minimum absolute atomic E-state index is 0.0372. The van der Waals surface area contributed by atoms with Crippen LogP contribution in [0.5, 0.6) is 5.75 Å². The molecule has 0 spiro atoms. The number of hydrogen-bond donors (Lipinski definition) is 1. The lowest BCUT2D eigenvalue weighted by molar-refractivity contribution is 0.117. The Morgan fingerprint density at radius 1 is 1.50 bits per heavy atom. The molecule has 2 rings (SSSR count). The number of benzene rings is 1. The molecule has 0 radical (unpaired) electrons. The molecule has 1 aliphatic rings. The van der Waals surface area contributed by atoms with Crippen molar-refractivity contribution in [3.8, 4) is 5.75 Å². The Morgan fingerprint density at radius 3 is 3.00 bits per heavy atom. The second kappa shape index (κ2) is 5.47. The van der Waals surface area contributed by atoms with Crippen LogP contribution >= 0.6 is 11.6 Å². The molecule has 0 amide bonds. The van der Waals surface area contributed by atoms with Crippen LogP contribution in [0.2, 0.25) is 5.02 Å². The second-order valence-electron chi connectivity index (χ2n) is 5.39. The summed E-state index contributed by atoms with van der Waals surface area (Å²) >= 11 is 5.97. The van der Waals surface area contributed by atoms with Gasteiger partial charge >= 0.3 is 0 Å². The summed E-state index contributed by atoms with van der Waals surface area (Å²) in [6, 6.07) is 5.79. The molecule has 0 aliphatic carbocycles. The van der Waals surface area contributed by atoms with Crippen LogP contribution in [0.1, 0.15) is 19.4 Å². The van der Waals surface area contributed by atoms with E-state index in [0.29, 0.717) is 6.61 Å². The Morgan fingerprint density at radius 2 is 2.28 bits per heavy atom. The minimum atomic E-state index is -0.0372. The normalized spacial score (nSPS) is 18.6. The summed E-state index contributed by atoms with van der Waals surface area (Å²) < 4.78 is 11.1. The first kappa shape index (κ1) is 13.7. The lowest BCUT2D eigenvalue weighted by Crippen LogP contribution is -2.47. The Hall–Kier alpha value is -0.770. The van der Waals surface area contributed by atoms with Gasteiger partial charge in [-0.05, 0) is 37.6 Å². The fraction of sp³-hybridized carbons (Fsp3) is 0.571. The van der Waals surface area contributed by atoms with E-state index in [4.69, 9.17) is 21.1 Å². The van der Waals surface area contributed by atoms with Crippen LogP contribution in [0.4, 0.5) is 0 Å². The first-order valence-corrected chi connectivity index (χ1v) is 6.57. The standard InChI is InChI=1S/C14H20ClNO2/c1-14(2,9-17-3)16-8-12-7-10-6-11(15)4-5-13(10)18-12/h4-6,12,16H,7-9H2,1-3H3. The molecule has 0 saturated heterocycles. The van der Waals surface area contributed by atoms with Gasteiger partial charge in [0.05, 0.1) is 6.61 Å². The van der Waals surface area contributed by atoms with Gasteiger partial charge in [0.1, 0.15) is 11.9 Å². The predicted molar refractivity (Wildman–Crippen MR) is 73.5 cm³/mol. The maximum Gasteiger partial charge on any atom is 0.123 e. The molecule has 1 atom stereocenters. The molecule has 0 saturated carbocycles. The fourth-order valence-corrected chi connectivity index (χ4v) is 2.40. The second-order valence-corrected chi connectivity index (χ2v) is 5.83. The number of halogens is 1. The van der Waals surface area contributed by atoms with Crippen molar-refractivity contribution in [3.05, 3.63) is 28.8 Å². The number of fused-ring (bicyclic) bond motifs is 1. The zero-order valence-electron chi connectivity index (χ0n) is 11.1. The van der Waals surface area contributed by atoms with Crippen molar-refractivity contribution in [3.63, 3.8) is 0 Å². The first-order chi connectivity index (χ1) is 8.50. The number of hydrogen-bond acceptors (Lipinski definition) is 3. The van der Waals surface area contributed by atoms with Gasteiger partial charge in [-0.1, -0.05) is 11.6 Å². The summed E-state index contributed by atoms with van der Waals surface area (Å²) in [5.74, 6) is 0.954. The molecule has 3 nitrogen and oxygen atoms in total. The summed E-state index contributed by atoms with van der Waals surface area (Å²) in [5.41, 5.74) is 1.16. The Kier molecular flexibility index (Phi) is 4.15. The number of methoxy groups -OCH3 is 1. The summed E-state index contributed by atoms with van der Waals surface area (Å²) in [5, 5.41) is 4.24. The molecule has 1 heterocycles. The SMILES string of the molecule is COCC(C)(C)NCC1Cc2cc(Cl)ccc2O1. The highest BCUT2D eigenvalue weighted by Gasteiger charge is 2.25. The highest BCUT2D eigenvalue weighted by Crippen LogP contribution is 2.30. The molecule has 18 heavy (non-hydrogen) atoms. The van der Waals surface area contributed by atoms with E-state index in [0.717, 1.165) is 23.7 Å². The number of nitrogens with one attached hydrogen (secondary N) is 1. The molecule has 0 bridgehead atoms. The van der Waals surface area contributed by atoms with Gasteiger partial charge in [-0.25, -0.2) is 0 Å². The van der Waals surface area contributed by atoms with Crippen molar-refractivity contribution in [2.45, 2.75) is 31.9 Å². The van der Waals surface area contributed by atoms with Crippen molar-refractivity contribution >= 4 is 11.6 Å². The minimum Gasteiger partial charge on any atom is -0.488 e. The van der Waals surface area contributed by atoms with Gasteiger partial charge in [0.25, 0.3) is 0 Å². The average molecular weight is 270 g/mol.